The topological polar surface area (TPSA) is 15.8 Å². The van der Waals surface area contributed by atoms with E-state index >= 15 is 0 Å². The Morgan fingerprint density at radius 1 is 1.09 bits per heavy atom. The minimum Gasteiger partial charge on any atom is -0.365 e. The number of H-pyrrole nitrogens is 1. The zero-order valence-electron chi connectivity index (χ0n) is 6.77. The molecule has 11 heavy (non-hydrogen) atoms. The molecule has 59 valence electrons. The molecule has 1 aromatic rings. The number of nitrogens with one attached hydrogen (secondary N) is 1. The smallest absolute Gasteiger partial charge is 0.0219 e. The van der Waals surface area contributed by atoms with Crippen molar-refractivity contribution in [3.8, 4) is 0 Å². The molecule has 1 aliphatic carbocycles. The Kier molecular flexibility index (Phi) is 1.97. The van der Waals surface area contributed by atoms with Crippen LogP contribution in [0.2, 0.25) is 0 Å². The molecule has 0 bridgehead atoms. The summed E-state index contributed by atoms with van der Waals surface area (Å²) < 4.78 is 0. The maximum absolute atomic E-state index is 3.27. The Morgan fingerprint density at radius 3 is 2.55 bits per heavy atom. The van der Waals surface area contributed by atoms with Crippen LogP contribution < -0.4 is 0 Å². The number of hydrogen-bond acceptors (Lipinski definition) is 0. The van der Waals surface area contributed by atoms with E-state index in [1.165, 1.54) is 37.8 Å². The second-order valence-electron chi connectivity index (χ2n) is 3.25. The first-order valence-corrected chi connectivity index (χ1v) is 4.45. The lowest BCUT2D eigenvalue weighted by molar-refractivity contribution is 0.547. The van der Waals surface area contributed by atoms with Gasteiger partial charge in [0.15, 0.2) is 0 Å². The van der Waals surface area contributed by atoms with Gasteiger partial charge in [-0.3, -0.25) is 0 Å². The molecule has 0 saturated heterocycles. The van der Waals surface area contributed by atoms with Gasteiger partial charge in [-0.1, -0.05) is 19.3 Å². The van der Waals surface area contributed by atoms with Crippen LogP contribution in [0.3, 0.4) is 0 Å². The molecule has 2 rings (SSSR count). The summed E-state index contributed by atoms with van der Waals surface area (Å²) in [6, 6.07) is 4.26. The van der Waals surface area contributed by atoms with E-state index < -0.39 is 0 Å². The van der Waals surface area contributed by atoms with Gasteiger partial charge < -0.3 is 4.98 Å². The highest BCUT2D eigenvalue weighted by Crippen LogP contribution is 2.30. The monoisotopic (exact) mass is 148 g/mol. The number of aromatic amines is 1. The van der Waals surface area contributed by atoms with Crippen LogP contribution >= 0.6 is 0 Å². The van der Waals surface area contributed by atoms with Crippen LogP contribution in [0.4, 0.5) is 0 Å². The molecule has 0 spiro atoms. The largest absolute Gasteiger partial charge is 0.365 e. The predicted molar refractivity (Wildman–Crippen MR) is 46.2 cm³/mol. The molecule has 0 atom stereocenters. The third kappa shape index (κ3) is 1.47. The van der Waals surface area contributed by atoms with E-state index in [4.69, 9.17) is 0 Å². The number of hydrogen-bond donors (Lipinski definition) is 1. The second-order valence-corrected chi connectivity index (χ2v) is 3.25. The average Bonchev–Trinajstić information content (AvgIpc) is 2.58. The minimum absolute atomic E-state index is 1.31. The summed E-state index contributed by atoms with van der Waals surface area (Å²) >= 11 is 0. The van der Waals surface area contributed by atoms with Crippen LogP contribution in [0.1, 0.15) is 37.8 Å². The third-order valence-electron chi connectivity index (χ3n) is 2.44. The SMILES string of the molecule is c1c[nH]c([C]2CCCCC2)c1. The fraction of sp³-hybridized carbons (Fsp3) is 0.500. The molecule has 0 amide bonds. The Labute approximate surface area is 67.8 Å². The second kappa shape index (κ2) is 3.12. The molecule has 0 aliphatic heterocycles. The van der Waals surface area contributed by atoms with Crippen LogP contribution in [-0.2, 0) is 0 Å². The lowest BCUT2D eigenvalue weighted by Gasteiger charge is -2.19. The van der Waals surface area contributed by atoms with Crippen molar-refractivity contribution in [1.29, 1.82) is 0 Å². The minimum atomic E-state index is 1.31. The highest BCUT2D eigenvalue weighted by atomic mass is 14.7. The molecular weight excluding hydrogens is 134 g/mol. The Morgan fingerprint density at radius 2 is 1.91 bits per heavy atom. The van der Waals surface area contributed by atoms with Gasteiger partial charge >= 0.3 is 0 Å². The summed E-state index contributed by atoms with van der Waals surface area (Å²) in [5.41, 5.74) is 1.37. The molecule has 1 N–H and O–H groups in total. The molecule has 1 fully saturated rings. The van der Waals surface area contributed by atoms with E-state index in [2.05, 4.69) is 17.1 Å². The fourth-order valence-corrected chi connectivity index (χ4v) is 1.80. The van der Waals surface area contributed by atoms with Crippen molar-refractivity contribution in [3.05, 3.63) is 29.9 Å². The third-order valence-corrected chi connectivity index (χ3v) is 2.44. The fourth-order valence-electron chi connectivity index (χ4n) is 1.80. The van der Waals surface area contributed by atoms with Crippen molar-refractivity contribution in [2.45, 2.75) is 32.1 Å². The Hall–Kier alpha value is -0.720. The summed E-state index contributed by atoms with van der Waals surface area (Å²) in [7, 11) is 0. The van der Waals surface area contributed by atoms with E-state index in [1.54, 1.807) is 5.92 Å². The summed E-state index contributed by atoms with van der Waals surface area (Å²) in [4.78, 5) is 3.27. The quantitative estimate of drug-likeness (QED) is 0.630. The molecule has 1 nitrogen and oxygen atoms in total. The van der Waals surface area contributed by atoms with Crippen molar-refractivity contribution >= 4 is 0 Å². The highest BCUT2D eigenvalue weighted by molar-refractivity contribution is 5.23. The van der Waals surface area contributed by atoms with E-state index in [0.29, 0.717) is 0 Å². The van der Waals surface area contributed by atoms with Gasteiger partial charge in [0, 0.05) is 17.8 Å². The molecule has 1 heteroatoms. The maximum Gasteiger partial charge on any atom is 0.0219 e. The summed E-state index contributed by atoms with van der Waals surface area (Å²) in [5.74, 6) is 1.63. The Balaban J connectivity index is 2.04. The summed E-state index contributed by atoms with van der Waals surface area (Å²) in [5, 5.41) is 0. The van der Waals surface area contributed by atoms with Crippen molar-refractivity contribution < 1.29 is 0 Å². The van der Waals surface area contributed by atoms with E-state index in [-0.39, 0.29) is 0 Å². The van der Waals surface area contributed by atoms with Gasteiger partial charge in [0.25, 0.3) is 0 Å². The van der Waals surface area contributed by atoms with Gasteiger partial charge in [-0.05, 0) is 25.0 Å². The van der Waals surface area contributed by atoms with Crippen molar-refractivity contribution in [2.24, 2.45) is 0 Å². The van der Waals surface area contributed by atoms with Gasteiger partial charge in [-0.25, -0.2) is 0 Å². The van der Waals surface area contributed by atoms with E-state index in [9.17, 15) is 0 Å². The molecule has 0 aromatic carbocycles. The van der Waals surface area contributed by atoms with Gasteiger partial charge in [0.2, 0.25) is 0 Å². The lowest BCUT2D eigenvalue weighted by atomic mass is 9.87. The lowest BCUT2D eigenvalue weighted by Crippen LogP contribution is -2.05. The molecule has 1 saturated carbocycles. The van der Waals surface area contributed by atoms with Crippen LogP contribution in [0.15, 0.2) is 18.3 Å². The first-order valence-electron chi connectivity index (χ1n) is 4.45. The van der Waals surface area contributed by atoms with Gasteiger partial charge in [-0.2, -0.15) is 0 Å². The van der Waals surface area contributed by atoms with Gasteiger partial charge in [-0.15, -0.1) is 0 Å². The molecule has 1 aliphatic rings. The molecule has 0 unspecified atom stereocenters. The predicted octanol–water partition coefficient (Wildman–Crippen LogP) is 2.90. The highest BCUT2D eigenvalue weighted by Gasteiger charge is 2.15. The van der Waals surface area contributed by atoms with Gasteiger partial charge in [0.1, 0.15) is 0 Å². The zero-order chi connectivity index (χ0) is 7.52. The number of rotatable bonds is 1. The molecule has 1 aromatic heterocycles. The zero-order valence-corrected chi connectivity index (χ0v) is 6.77. The first kappa shape index (κ1) is 6.96. The Bertz CT molecular complexity index is 195. The van der Waals surface area contributed by atoms with E-state index in [1.807, 2.05) is 6.20 Å². The van der Waals surface area contributed by atoms with E-state index in [0.717, 1.165) is 0 Å². The van der Waals surface area contributed by atoms with Crippen LogP contribution in [0.5, 0.6) is 0 Å². The molecule has 1 heterocycles. The van der Waals surface area contributed by atoms with Gasteiger partial charge in [0.05, 0.1) is 0 Å². The van der Waals surface area contributed by atoms with Crippen molar-refractivity contribution in [3.63, 3.8) is 0 Å². The standard InChI is InChI=1S/C10H14N/c1-2-5-9(6-3-1)10-7-4-8-11-10/h4,7-8,11H,1-3,5-6H2. The normalized spacial score (nSPS) is 20.4. The number of aromatic nitrogens is 1. The first-order chi connectivity index (χ1) is 5.47. The summed E-state index contributed by atoms with van der Waals surface area (Å²) in [6.45, 7) is 0. The summed E-state index contributed by atoms with van der Waals surface area (Å²) in [6.07, 6.45) is 8.81. The van der Waals surface area contributed by atoms with Crippen molar-refractivity contribution in [1.82, 2.24) is 4.98 Å². The van der Waals surface area contributed by atoms with Crippen LogP contribution in [-0.4, -0.2) is 4.98 Å². The average molecular weight is 148 g/mol. The van der Waals surface area contributed by atoms with Crippen LogP contribution in [0.25, 0.3) is 0 Å². The van der Waals surface area contributed by atoms with Crippen LogP contribution in [0, 0.1) is 5.92 Å². The molecular formula is C10H14N. The van der Waals surface area contributed by atoms with Crippen molar-refractivity contribution in [2.75, 3.05) is 0 Å². The maximum atomic E-state index is 3.27. The molecule has 1 radical (unpaired) electrons.